The summed E-state index contributed by atoms with van der Waals surface area (Å²) >= 11 is 0. The van der Waals surface area contributed by atoms with Gasteiger partial charge >= 0.3 is 0 Å². The molecule has 84 valence electrons. The fourth-order valence-corrected chi connectivity index (χ4v) is 1.41. The summed E-state index contributed by atoms with van der Waals surface area (Å²) in [5, 5.41) is 0. The van der Waals surface area contributed by atoms with E-state index in [2.05, 4.69) is 31.2 Å². The predicted molar refractivity (Wildman–Crippen MR) is 63.8 cm³/mol. The number of nitrogens with two attached hydrogens (primary N) is 1. The third-order valence-corrected chi connectivity index (χ3v) is 2.39. The Morgan fingerprint density at radius 2 is 1.80 bits per heavy atom. The highest BCUT2D eigenvalue weighted by Gasteiger charge is 2.05. The van der Waals surface area contributed by atoms with Crippen LogP contribution in [0.5, 0.6) is 0 Å². The topological polar surface area (TPSA) is 35.2 Å². The maximum atomic E-state index is 6.05. The van der Waals surface area contributed by atoms with Crippen molar-refractivity contribution in [1.29, 1.82) is 0 Å². The zero-order valence-electron chi connectivity index (χ0n) is 9.86. The van der Waals surface area contributed by atoms with Gasteiger partial charge in [-0.3, -0.25) is 0 Å². The van der Waals surface area contributed by atoms with Crippen molar-refractivity contribution in [2.75, 3.05) is 6.61 Å². The fourth-order valence-electron chi connectivity index (χ4n) is 1.41. The molecule has 1 rings (SSSR count). The zero-order chi connectivity index (χ0) is 11.3. The molecule has 0 radical (unpaired) electrons. The molecule has 1 atom stereocenters. The van der Waals surface area contributed by atoms with E-state index in [4.69, 9.17) is 10.5 Å². The first-order chi connectivity index (χ1) is 7.09. The van der Waals surface area contributed by atoms with Crippen molar-refractivity contribution in [3.8, 4) is 0 Å². The van der Waals surface area contributed by atoms with Crippen LogP contribution in [0.15, 0.2) is 24.3 Å². The Bertz CT molecular complexity index is 279. The molecule has 0 aromatic heterocycles. The lowest BCUT2D eigenvalue weighted by molar-refractivity contribution is 0.0736. The number of rotatable bonds is 5. The van der Waals surface area contributed by atoms with Crippen molar-refractivity contribution in [3.05, 3.63) is 35.4 Å². The number of ether oxygens (including phenoxy) is 1. The standard InChI is InChI=1S/C13H21NO/c1-10(2)15-9-8-13(14)12-6-4-11(3)5-7-12/h4-7,10,13H,8-9,14H2,1-3H3. The van der Waals surface area contributed by atoms with Crippen molar-refractivity contribution in [1.82, 2.24) is 0 Å². The molecule has 0 saturated heterocycles. The van der Waals surface area contributed by atoms with Gasteiger partial charge in [-0.05, 0) is 32.8 Å². The van der Waals surface area contributed by atoms with Crippen molar-refractivity contribution in [2.45, 2.75) is 39.3 Å². The highest BCUT2D eigenvalue weighted by Crippen LogP contribution is 2.14. The summed E-state index contributed by atoms with van der Waals surface area (Å²) in [5.41, 5.74) is 8.51. The Morgan fingerprint density at radius 1 is 1.20 bits per heavy atom. The number of aryl methyl sites for hydroxylation is 1. The monoisotopic (exact) mass is 207 g/mol. The Hall–Kier alpha value is -0.860. The van der Waals surface area contributed by atoms with Gasteiger partial charge in [-0.1, -0.05) is 29.8 Å². The molecule has 1 aromatic rings. The molecule has 0 amide bonds. The van der Waals surface area contributed by atoms with Gasteiger partial charge in [0.05, 0.1) is 6.10 Å². The smallest absolute Gasteiger partial charge is 0.0518 e. The Kier molecular flexibility index (Phi) is 4.79. The molecule has 0 heterocycles. The number of hydrogen-bond donors (Lipinski definition) is 1. The van der Waals surface area contributed by atoms with Crippen molar-refractivity contribution in [2.24, 2.45) is 5.73 Å². The molecular formula is C13H21NO. The summed E-state index contributed by atoms with van der Waals surface area (Å²) in [6, 6.07) is 8.46. The lowest BCUT2D eigenvalue weighted by atomic mass is 10.0. The van der Waals surface area contributed by atoms with Crippen LogP contribution >= 0.6 is 0 Å². The second-order valence-corrected chi connectivity index (χ2v) is 4.23. The van der Waals surface area contributed by atoms with Gasteiger partial charge in [-0.15, -0.1) is 0 Å². The first kappa shape index (κ1) is 12.2. The van der Waals surface area contributed by atoms with E-state index in [1.54, 1.807) is 0 Å². The van der Waals surface area contributed by atoms with E-state index in [1.165, 1.54) is 11.1 Å². The van der Waals surface area contributed by atoms with Crippen molar-refractivity contribution in [3.63, 3.8) is 0 Å². The normalized spacial score (nSPS) is 13.1. The molecule has 0 saturated carbocycles. The molecule has 0 aliphatic heterocycles. The average molecular weight is 207 g/mol. The molecule has 2 N–H and O–H groups in total. The van der Waals surface area contributed by atoms with Crippen LogP contribution in [0.2, 0.25) is 0 Å². The highest BCUT2D eigenvalue weighted by molar-refractivity contribution is 5.23. The van der Waals surface area contributed by atoms with Crippen LogP contribution < -0.4 is 5.73 Å². The van der Waals surface area contributed by atoms with Gasteiger partial charge in [0, 0.05) is 12.6 Å². The third-order valence-electron chi connectivity index (χ3n) is 2.39. The van der Waals surface area contributed by atoms with Gasteiger partial charge in [0.2, 0.25) is 0 Å². The van der Waals surface area contributed by atoms with Crippen LogP contribution in [-0.4, -0.2) is 12.7 Å². The van der Waals surface area contributed by atoms with E-state index in [9.17, 15) is 0 Å². The van der Waals surface area contributed by atoms with E-state index >= 15 is 0 Å². The fraction of sp³-hybridized carbons (Fsp3) is 0.538. The molecule has 2 heteroatoms. The first-order valence-corrected chi connectivity index (χ1v) is 5.53. The molecule has 0 bridgehead atoms. The minimum absolute atomic E-state index is 0.0874. The predicted octanol–water partition coefficient (Wildman–Crippen LogP) is 2.81. The van der Waals surface area contributed by atoms with Crippen LogP contribution in [0.3, 0.4) is 0 Å². The van der Waals surface area contributed by atoms with Crippen molar-refractivity contribution < 1.29 is 4.74 Å². The van der Waals surface area contributed by atoms with E-state index in [0.29, 0.717) is 0 Å². The van der Waals surface area contributed by atoms with Crippen LogP contribution in [0.1, 0.15) is 37.4 Å². The van der Waals surface area contributed by atoms with Crippen LogP contribution in [-0.2, 0) is 4.74 Å². The maximum Gasteiger partial charge on any atom is 0.0518 e. The van der Waals surface area contributed by atoms with Gasteiger partial charge in [0.1, 0.15) is 0 Å². The molecule has 1 unspecified atom stereocenters. The van der Waals surface area contributed by atoms with Gasteiger partial charge < -0.3 is 10.5 Å². The second-order valence-electron chi connectivity index (χ2n) is 4.23. The van der Waals surface area contributed by atoms with Gasteiger partial charge in [-0.2, -0.15) is 0 Å². The maximum absolute atomic E-state index is 6.05. The highest BCUT2D eigenvalue weighted by atomic mass is 16.5. The molecule has 0 aliphatic rings. The SMILES string of the molecule is Cc1ccc(C(N)CCOC(C)C)cc1. The molecule has 2 nitrogen and oxygen atoms in total. The lowest BCUT2D eigenvalue weighted by Gasteiger charge is -2.13. The minimum atomic E-state index is 0.0874. The van der Waals surface area contributed by atoms with Crippen LogP contribution in [0, 0.1) is 6.92 Å². The summed E-state index contributed by atoms with van der Waals surface area (Å²) in [7, 11) is 0. The summed E-state index contributed by atoms with van der Waals surface area (Å²) in [6.45, 7) is 6.89. The molecule has 1 aromatic carbocycles. The molecule has 15 heavy (non-hydrogen) atoms. The minimum Gasteiger partial charge on any atom is -0.379 e. The van der Waals surface area contributed by atoms with Gasteiger partial charge in [0.15, 0.2) is 0 Å². The first-order valence-electron chi connectivity index (χ1n) is 5.53. The lowest BCUT2D eigenvalue weighted by Crippen LogP contribution is -2.14. The van der Waals surface area contributed by atoms with Crippen molar-refractivity contribution >= 4 is 0 Å². The van der Waals surface area contributed by atoms with Crippen LogP contribution in [0.25, 0.3) is 0 Å². The quantitative estimate of drug-likeness (QED) is 0.805. The average Bonchev–Trinajstić information content (AvgIpc) is 2.18. The largest absolute Gasteiger partial charge is 0.379 e. The molecule has 0 fully saturated rings. The molecule has 0 aliphatic carbocycles. The number of hydrogen-bond acceptors (Lipinski definition) is 2. The van der Waals surface area contributed by atoms with Gasteiger partial charge in [0.25, 0.3) is 0 Å². The van der Waals surface area contributed by atoms with E-state index < -0.39 is 0 Å². The summed E-state index contributed by atoms with van der Waals surface area (Å²) < 4.78 is 5.48. The Labute approximate surface area is 92.4 Å². The van der Waals surface area contributed by atoms with Gasteiger partial charge in [-0.25, -0.2) is 0 Å². The molecular weight excluding hydrogens is 186 g/mol. The number of benzene rings is 1. The second kappa shape index (κ2) is 5.89. The summed E-state index contributed by atoms with van der Waals surface area (Å²) in [5.74, 6) is 0. The Morgan fingerprint density at radius 3 is 2.33 bits per heavy atom. The van der Waals surface area contributed by atoms with E-state index in [-0.39, 0.29) is 12.1 Å². The van der Waals surface area contributed by atoms with E-state index in [0.717, 1.165) is 13.0 Å². The Balaban J connectivity index is 2.40. The summed E-state index contributed by atoms with van der Waals surface area (Å²) in [6.07, 6.45) is 1.16. The zero-order valence-corrected chi connectivity index (χ0v) is 9.86. The van der Waals surface area contributed by atoms with E-state index in [1.807, 2.05) is 13.8 Å². The third kappa shape index (κ3) is 4.45. The molecule has 0 spiro atoms. The van der Waals surface area contributed by atoms with Crippen LogP contribution in [0.4, 0.5) is 0 Å². The summed E-state index contributed by atoms with van der Waals surface area (Å²) in [4.78, 5) is 0.